The minimum atomic E-state index is -0.723. The summed E-state index contributed by atoms with van der Waals surface area (Å²) in [6.07, 6.45) is 0. The second-order valence-electron chi connectivity index (χ2n) is 25.0. The fourth-order valence-electron chi connectivity index (χ4n) is 16.7. The predicted molar refractivity (Wildman–Crippen MR) is 392 cm³/mol. The highest BCUT2D eigenvalue weighted by atomic mass is 32.2. The van der Waals surface area contributed by atoms with Gasteiger partial charge in [0.1, 0.15) is 0 Å². The summed E-state index contributed by atoms with van der Waals surface area (Å²) in [6.45, 7) is 0.0726. The molecule has 6 aliphatic rings. The molecule has 0 bridgehead atoms. The van der Waals surface area contributed by atoms with Gasteiger partial charge in [-0.1, -0.05) is 275 Å². The van der Waals surface area contributed by atoms with Crippen LogP contribution in [0.1, 0.15) is 22.3 Å². The van der Waals surface area contributed by atoms with Crippen molar-refractivity contribution in [2.24, 2.45) is 0 Å². The molecule has 0 saturated carbocycles. The van der Waals surface area contributed by atoms with E-state index in [0.717, 1.165) is 68.2 Å². The molecule has 0 amide bonds. The maximum absolute atomic E-state index is 2.56. The molecule has 0 saturated heterocycles. The van der Waals surface area contributed by atoms with Gasteiger partial charge in [-0.15, -0.1) is 0 Å². The fourth-order valence-corrected chi connectivity index (χ4v) is 19.2. The summed E-state index contributed by atoms with van der Waals surface area (Å²) in [4.78, 5) is 15.1. The van der Waals surface area contributed by atoms with Crippen molar-refractivity contribution in [1.29, 1.82) is 0 Å². The van der Waals surface area contributed by atoms with Crippen molar-refractivity contribution in [3.63, 3.8) is 0 Å². The van der Waals surface area contributed by atoms with Gasteiger partial charge in [0.05, 0.1) is 50.9 Å². The average Bonchev–Trinajstić information content (AvgIpc) is 1.50. The molecule has 4 nitrogen and oxygen atoms in total. The first-order chi connectivity index (χ1) is 46.2. The molecule has 14 aromatic carbocycles. The molecule has 2 aliphatic carbocycles. The lowest BCUT2D eigenvalue weighted by molar-refractivity contribution is 0.792. The van der Waals surface area contributed by atoms with Crippen LogP contribution in [0.25, 0.3) is 22.3 Å². The Kier molecular flexibility index (Phi) is 11.7. The van der Waals surface area contributed by atoms with Crippen LogP contribution in [-0.4, -0.2) is 13.4 Å². The molecule has 14 aromatic rings. The Morgan fingerprint density at radius 3 is 0.882 bits per heavy atom. The minimum Gasteiger partial charge on any atom is -0.306 e. The van der Waals surface area contributed by atoms with Gasteiger partial charge in [0.15, 0.2) is 0 Å². The molecule has 0 fully saturated rings. The number of hydrogen-bond acceptors (Lipinski definition) is 6. The summed E-state index contributed by atoms with van der Waals surface area (Å²) in [5.41, 5.74) is 31.2. The highest BCUT2D eigenvalue weighted by molar-refractivity contribution is 8.00. The number of rotatable bonds is 6. The number of anilines is 12. The highest BCUT2D eigenvalue weighted by Crippen LogP contribution is 2.68. The first-order valence-corrected chi connectivity index (χ1v) is 33.8. The van der Waals surface area contributed by atoms with E-state index >= 15 is 0 Å². The summed E-state index contributed by atoms with van der Waals surface area (Å²) in [7, 11) is 0. The van der Waals surface area contributed by atoms with Gasteiger partial charge in [-0.3, -0.25) is 0 Å². The van der Waals surface area contributed by atoms with Gasteiger partial charge in [-0.05, 0) is 143 Å². The van der Waals surface area contributed by atoms with Crippen molar-refractivity contribution >= 4 is 138 Å². The van der Waals surface area contributed by atoms with Crippen molar-refractivity contribution in [1.82, 2.24) is 0 Å². The second kappa shape index (κ2) is 20.6. The quantitative estimate of drug-likeness (QED) is 0.153. The largest absolute Gasteiger partial charge is 0.306 e. The smallest absolute Gasteiger partial charge is 0.244 e. The van der Waals surface area contributed by atoms with E-state index in [0.29, 0.717) is 0 Å². The topological polar surface area (TPSA) is 13.0 Å². The molecule has 4 aliphatic heterocycles. The lowest BCUT2D eigenvalue weighted by Crippen LogP contribution is -2.55. The number of fused-ring (bicyclic) bond motifs is 20. The number of nitrogens with zero attached hydrogens (tertiary/aromatic N) is 4. The van der Waals surface area contributed by atoms with E-state index < -0.39 is 5.41 Å². The third-order valence-electron chi connectivity index (χ3n) is 20.3. The molecule has 1 spiro atoms. The van der Waals surface area contributed by atoms with Crippen LogP contribution >= 0.6 is 23.5 Å². The molecule has 0 atom stereocenters. The van der Waals surface area contributed by atoms with Crippen LogP contribution in [0.4, 0.5) is 68.2 Å². The third-order valence-corrected chi connectivity index (χ3v) is 22.8. The lowest BCUT2D eigenvalue weighted by atomic mass is 9.36. The maximum atomic E-state index is 2.56. The van der Waals surface area contributed by atoms with E-state index in [1.165, 1.54) is 96.9 Å². The van der Waals surface area contributed by atoms with E-state index in [-0.39, 0.29) is 13.4 Å². The summed E-state index contributed by atoms with van der Waals surface area (Å²) in [5, 5.41) is 0. The SMILES string of the molecule is c1ccc(B2c3ccccc3Sc3c2ccc2c3-c3cc(N4c5ccccc5N(c5ccccc5)c5ccccc54)ccc3C23c2ccc(N4c5ccccc5N(c5ccccc5)c5ccccc54)cc2-c2c3ccc3c2Sc2ccccc2B3c2ccccc2)cc1. The molecule has 20 rings (SSSR count). The number of para-hydroxylation sites is 10. The second-order valence-corrected chi connectivity index (χ2v) is 27.1. The third kappa shape index (κ3) is 7.56. The van der Waals surface area contributed by atoms with Crippen LogP contribution in [0.5, 0.6) is 0 Å². The highest BCUT2D eigenvalue weighted by Gasteiger charge is 2.55. The van der Waals surface area contributed by atoms with Gasteiger partial charge in [-0.25, -0.2) is 0 Å². The number of hydrogen-bond donors (Lipinski definition) is 0. The zero-order chi connectivity index (χ0) is 60.9. The predicted octanol–water partition coefficient (Wildman–Crippen LogP) is 18.5. The molecular formula is C85H54B2N4S2. The van der Waals surface area contributed by atoms with Gasteiger partial charge in [0, 0.05) is 53.5 Å². The summed E-state index contributed by atoms with van der Waals surface area (Å²) >= 11 is 3.91. The minimum absolute atomic E-state index is 0.0363. The van der Waals surface area contributed by atoms with E-state index in [1.54, 1.807) is 0 Å². The standard InChI is InChI=1S/C85H54B2N4S2/c1-5-25-55(26-6-1)86-67-33-13-23-43-79(67)92-83-69(86)51-49-65-81(83)61-53-59(90-75-39-19-15-35-71(75)88(57-29-9-3-10-30-57)72-36-16-20-40-76(72)90)45-47-63(61)85(65)64-48-46-60(91-77-41-21-17-37-73(77)89(58-31-11-4-12-32-58)74-38-18-22-42-78(74)91)54-62(64)82-66(85)50-52-70-84(82)93-80-44-24-14-34-68(80)87(70)56-27-7-2-8-28-56/h1-54H. The normalized spacial score (nSPS) is 14.3. The zero-order valence-electron chi connectivity index (χ0n) is 50.4. The van der Waals surface area contributed by atoms with E-state index in [4.69, 9.17) is 0 Å². The fraction of sp³-hybridized carbons (Fsp3) is 0.0118. The molecular weight excluding hydrogens is 1160 g/mol. The molecule has 0 aromatic heterocycles. The van der Waals surface area contributed by atoms with Crippen LogP contribution < -0.4 is 52.4 Å². The Hall–Kier alpha value is -10.9. The molecule has 0 N–H and O–H groups in total. The Labute approximate surface area is 550 Å². The Morgan fingerprint density at radius 1 is 0.237 bits per heavy atom. The van der Waals surface area contributed by atoms with Gasteiger partial charge in [-0.2, -0.15) is 0 Å². The summed E-state index contributed by atoms with van der Waals surface area (Å²) in [6, 6.07) is 123. The molecule has 0 radical (unpaired) electrons. The summed E-state index contributed by atoms with van der Waals surface area (Å²) < 4.78 is 0. The van der Waals surface area contributed by atoms with Gasteiger partial charge in [0.25, 0.3) is 0 Å². The van der Waals surface area contributed by atoms with E-state index in [9.17, 15) is 0 Å². The van der Waals surface area contributed by atoms with E-state index in [1.807, 2.05) is 23.5 Å². The average molecular weight is 1220 g/mol. The van der Waals surface area contributed by atoms with Crippen LogP contribution in [0.2, 0.25) is 0 Å². The van der Waals surface area contributed by atoms with Crippen molar-refractivity contribution in [3.8, 4) is 22.3 Å². The zero-order valence-corrected chi connectivity index (χ0v) is 52.1. The molecule has 0 unspecified atom stereocenters. The molecule has 8 heteroatoms. The Morgan fingerprint density at radius 2 is 0.527 bits per heavy atom. The van der Waals surface area contributed by atoms with Crippen LogP contribution in [0, 0.1) is 0 Å². The Bertz CT molecular complexity index is 4980. The summed E-state index contributed by atoms with van der Waals surface area (Å²) in [5.74, 6) is 0. The van der Waals surface area contributed by atoms with Gasteiger partial charge < -0.3 is 19.6 Å². The van der Waals surface area contributed by atoms with E-state index in [2.05, 4.69) is 347 Å². The van der Waals surface area contributed by atoms with Crippen LogP contribution in [0.3, 0.4) is 0 Å². The van der Waals surface area contributed by atoms with Crippen molar-refractivity contribution < 1.29 is 0 Å². The first-order valence-electron chi connectivity index (χ1n) is 32.1. The maximum Gasteiger partial charge on any atom is 0.244 e. The van der Waals surface area contributed by atoms with Crippen LogP contribution in [-0.2, 0) is 5.41 Å². The molecule has 4 heterocycles. The van der Waals surface area contributed by atoms with Gasteiger partial charge in [0.2, 0.25) is 13.4 Å². The van der Waals surface area contributed by atoms with Gasteiger partial charge >= 0.3 is 0 Å². The Balaban J connectivity index is 0.878. The van der Waals surface area contributed by atoms with Crippen LogP contribution in [0.15, 0.2) is 347 Å². The van der Waals surface area contributed by atoms with Crippen molar-refractivity contribution in [2.75, 3.05) is 19.6 Å². The van der Waals surface area contributed by atoms with Crippen molar-refractivity contribution in [3.05, 3.63) is 350 Å². The lowest BCUT2D eigenvalue weighted by Gasteiger charge is -2.40. The first kappa shape index (κ1) is 52.8. The monoisotopic (exact) mass is 1220 g/mol. The number of benzene rings is 14. The van der Waals surface area contributed by atoms with Crippen molar-refractivity contribution in [2.45, 2.75) is 25.0 Å². The molecule has 93 heavy (non-hydrogen) atoms. The molecule has 432 valence electrons.